The smallest absolute Gasteiger partial charge is 0.359 e. The molecule has 6 heteroatoms. The van der Waals surface area contributed by atoms with Gasteiger partial charge in [0.25, 0.3) is 0 Å². The van der Waals surface area contributed by atoms with E-state index in [-0.39, 0.29) is 23.6 Å². The molecule has 6 nitrogen and oxygen atoms in total. The number of esters is 2. The van der Waals surface area contributed by atoms with E-state index in [0.717, 1.165) is 0 Å². The van der Waals surface area contributed by atoms with Crippen LogP contribution in [0.3, 0.4) is 0 Å². The zero-order valence-electron chi connectivity index (χ0n) is 10.3. The summed E-state index contributed by atoms with van der Waals surface area (Å²) >= 11 is 0. The Bertz CT molecular complexity index is 373. The number of nitrogens with zero attached hydrogens (tertiary/aromatic N) is 1. The van der Waals surface area contributed by atoms with E-state index >= 15 is 0 Å². The zero-order chi connectivity index (χ0) is 13.0. The number of H-pyrrole nitrogens is 1. The Kier molecular flexibility index (Phi) is 4.25. The Morgan fingerprint density at radius 2 is 1.65 bits per heavy atom. The third-order valence-electron chi connectivity index (χ3n) is 1.69. The van der Waals surface area contributed by atoms with Gasteiger partial charge in [0, 0.05) is 6.07 Å². The van der Waals surface area contributed by atoms with Crippen molar-refractivity contribution in [3.63, 3.8) is 0 Å². The van der Waals surface area contributed by atoms with E-state index in [2.05, 4.69) is 10.2 Å². The molecule has 0 aliphatic heterocycles. The molecule has 1 aromatic rings. The van der Waals surface area contributed by atoms with Crippen LogP contribution in [0.25, 0.3) is 0 Å². The van der Waals surface area contributed by atoms with Crippen molar-refractivity contribution in [3.05, 3.63) is 17.5 Å². The van der Waals surface area contributed by atoms with Crippen molar-refractivity contribution < 1.29 is 19.1 Å². The van der Waals surface area contributed by atoms with Crippen LogP contribution in [0.2, 0.25) is 0 Å². The molecular formula is C11H16N2O4. The topological polar surface area (TPSA) is 81.3 Å². The van der Waals surface area contributed by atoms with Crippen LogP contribution in [0.5, 0.6) is 0 Å². The number of rotatable bonds is 4. The molecule has 1 aromatic heterocycles. The summed E-state index contributed by atoms with van der Waals surface area (Å²) in [7, 11) is 0. The molecule has 0 saturated carbocycles. The summed E-state index contributed by atoms with van der Waals surface area (Å²) < 4.78 is 9.88. The van der Waals surface area contributed by atoms with Crippen molar-refractivity contribution in [2.24, 2.45) is 0 Å². The van der Waals surface area contributed by atoms with Gasteiger partial charge in [-0.2, -0.15) is 5.10 Å². The number of ether oxygens (including phenoxy) is 2. The summed E-state index contributed by atoms with van der Waals surface area (Å²) in [6.45, 7) is 6.95. The Hall–Kier alpha value is -1.85. The molecule has 1 rings (SSSR count). The van der Waals surface area contributed by atoms with Gasteiger partial charge in [-0.25, -0.2) is 9.59 Å². The first kappa shape index (κ1) is 13.2. The van der Waals surface area contributed by atoms with E-state index in [4.69, 9.17) is 9.47 Å². The predicted octanol–water partition coefficient (Wildman–Crippen LogP) is 1.54. The normalized spacial score (nSPS) is 10.7. The fourth-order valence-corrected chi connectivity index (χ4v) is 1.08. The molecule has 17 heavy (non-hydrogen) atoms. The van der Waals surface area contributed by atoms with Gasteiger partial charge >= 0.3 is 11.9 Å². The highest BCUT2D eigenvalue weighted by molar-refractivity contribution is 5.93. The van der Waals surface area contributed by atoms with Gasteiger partial charge in [-0.1, -0.05) is 0 Å². The first-order valence-corrected chi connectivity index (χ1v) is 5.37. The van der Waals surface area contributed by atoms with Crippen LogP contribution in [0, 0.1) is 0 Å². The minimum Gasteiger partial charge on any atom is -0.458 e. The average Bonchev–Trinajstić information content (AvgIpc) is 2.63. The Balaban J connectivity index is 2.71. The SMILES string of the molecule is CC(C)OC(=O)c1cc(C(=O)OC(C)C)[nH]n1. The molecule has 0 spiro atoms. The van der Waals surface area contributed by atoms with Crippen LogP contribution in [-0.4, -0.2) is 34.3 Å². The summed E-state index contributed by atoms with van der Waals surface area (Å²) in [5, 5.41) is 6.14. The summed E-state index contributed by atoms with van der Waals surface area (Å²) in [6, 6.07) is 1.31. The van der Waals surface area contributed by atoms with Gasteiger partial charge in [0.1, 0.15) is 5.69 Å². The van der Waals surface area contributed by atoms with Crippen LogP contribution in [-0.2, 0) is 9.47 Å². The molecule has 1 N–H and O–H groups in total. The van der Waals surface area contributed by atoms with Gasteiger partial charge < -0.3 is 9.47 Å². The highest BCUT2D eigenvalue weighted by Crippen LogP contribution is 2.06. The lowest BCUT2D eigenvalue weighted by atomic mass is 10.3. The van der Waals surface area contributed by atoms with Crippen LogP contribution < -0.4 is 0 Å². The van der Waals surface area contributed by atoms with Crippen LogP contribution >= 0.6 is 0 Å². The van der Waals surface area contributed by atoms with Crippen molar-refractivity contribution in [1.29, 1.82) is 0 Å². The second-order valence-electron chi connectivity index (χ2n) is 4.07. The quantitative estimate of drug-likeness (QED) is 0.807. The number of nitrogens with one attached hydrogen (secondary N) is 1. The summed E-state index contributed by atoms with van der Waals surface area (Å²) in [6.07, 6.45) is -0.456. The number of hydrogen-bond acceptors (Lipinski definition) is 5. The lowest BCUT2D eigenvalue weighted by Gasteiger charge is -2.05. The molecule has 0 radical (unpaired) electrons. The molecular weight excluding hydrogens is 224 g/mol. The maximum atomic E-state index is 11.5. The Morgan fingerprint density at radius 3 is 2.18 bits per heavy atom. The molecule has 1 heterocycles. The van der Waals surface area contributed by atoms with Crippen molar-refractivity contribution in [1.82, 2.24) is 10.2 Å². The highest BCUT2D eigenvalue weighted by Gasteiger charge is 2.18. The Morgan fingerprint density at radius 1 is 1.12 bits per heavy atom. The minimum atomic E-state index is -0.570. The van der Waals surface area contributed by atoms with E-state index in [1.807, 2.05) is 0 Å². The lowest BCUT2D eigenvalue weighted by molar-refractivity contribution is 0.0364. The van der Waals surface area contributed by atoms with Gasteiger partial charge in [0.2, 0.25) is 0 Å². The monoisotopic (exact) mass is 240 g/mol. The van der Waals surface area contributed by atoms with Crippen LogP contribution in [0.1, 0.15) is 48.7 Å². The first-order chi connectivity index (χ1) is 7.90. The number of aromatic amines is 1. The molecule has 0 saturated heterocycles. The number of aromatic nitrogens is 2. The average molecular weight is 240 g/mol. The van der Waals surface area contributed by atoms with Gasteiger partial charge in [-0.15, -0.1) is 0 Å². The fraction of sp³-hybridized carbons (Fsp3) is 0.545. The van der Waals surface area contributed by atoms with Crippen molar-refractivity contribution >= 4 is 11.9 Å². The van der Waals surface area contributed by atoms with E-state index < -0.39 is 11.9 Å². The summed E-state index contributed by atoms with van der Waals surface area (Å²) in [4.78, 5) is 22.9. The maximum absolute atomic E-state index is 11.5. The molecule has 0 atom stereocenters. The molecule has 0 aromatic carbocycles. The standard InChI is InChI=1S/C11H16N2O4/c1-6(2)16-10(14)8-5-9(13-12-8)11(15)17-7(3)4/h5-7H,1-4H3,(H,12,13). The van der Waals surface area contributed by atoms with Gasteiger partial charge in [0.15, 0.2) is 5.69 Å². The van der Waals surface area contributed by atoms with Gasteiger partial charge in [-0.05, 0) is 27.7 Å². The van der Waals surface area contributed by atoms with Crippen LogP contribution in [0.15, 0.2) is 6.07 Å². The van der Waals surface area contributed by atoms with Crippen molar-refractivity contribution in [2.75, 3.05) is 0 Å². The van der Waals surface area contributed by atoms with Crippen molar-refractivity contribution in [2.45, 2.75) is 39.9 Å². The van der Waals surface area contributed by atoms with Gasteiger partial charge in [-0.3, -0.25) is 5.10 Å². The third-order valence-corrected chi connectivity index (χ3v) is 1.69. The number of hydrogen-bond donors (Lipinski definition) is 1. The second kappa shape index (κ2) is 5.47. The fourth-order valence-electron chi connectivity index (χ4n) is 1.08. The van der Waals surface area contributed by atoms with E-state index in [0.29, 0.717) is 0 Å². The molecule has 94 valence electrons. The molecule has 0 aliphatic carbocycles. The van der Waals surface area contributed by atoms with E-state index in [1.165, 1.54) is 6.07 Å². The third kappa shape index (κ3) is 3.90. The molecule has 0 fully saturated rings. The summed E-state index contributed by atoms with van der Waals surface area (Å²) in [5.74, 6) is -1.11. The highest BCUT2D eigenvalue weighted by atomic mass is 16.5. The Labute approximate surface area is 99.3 Å². The van der Waals surface area contributed by atoms with Crippen molar-refractivity contribution in [3.8, 4) is 0 Å². The maximum Gasteiger partial charge on any atom is 0.359 e. The predicted molar refractivity (Wildman–Crippen MR) is 59.7 cm³/mol. The van der Waals surface area contributed by atoms with Gasteiger partial charge in [0.05, 0.1) is 12.2 Å². The molecule has 0 aliphatic rings. The van der Waals surface area contributed by atoms with Crippen LogP contribution in [0.4, 0.5) is 0 Å². The second-order valence-corrected chi connectivity index (χ2v) is 4.07. The minimum absolute atomic E-state index is 0.0643. The molecule has 0 bridgehead atoms. The first-order valence-electron chi connectivity index (χ1n) is 5.37. The van der Waals surface area contributed by atoms with E-state index in [1.54, 1.807) is 27.7 Å². The van der Waals surface area contributed by atoms with E-state index in [9.17, 15) is 9.59 Å². The summed E-state index contributed by atoms with van der Waals surface area (Å²) in [5.41, 5.74) is 0.198. The molecule has 0 unspecified atom stereocenters. The number of carbonyl (C=O) groups is 2. The largest absolute Gasteiger partial charge is 0.458 e. The molecule has 0 amide bonds. The lowest BCUT2D eigenvalue weighted by Crippen LogP contribution is -2.12. The zero-order valence-corrected chi connectivity index (χ0v) is 10.3. The number of carbonyl (C=O) groups excluding carboxylic acids is 2.